The first kappa shape index (κ1) is 17.1. The number of hydrogen-bond acceptors (Lipinski definition) is 5. The summed E-state index contributed by atoms with van der Waals surface area (Å²) in [6.45, 7) is 2.41. The van der Waals surface area contributed by atoms with Crippen molar-refractivity contribution >= 4 is 22.7 Å². The Bertz CT molecular complexity index is 1010. The molecule has 4 rings (SSSR count). The van der Waals surface area contributed by atoms with Crippen molar-refractivity contribution in [3.05, 3.63) is 59.9 Å². The Morgan fingerprint density at radius 2 is 1.96 bits per heavy atom. The maximum absolute atomic E-state index is 12.1. The van der Waals surface area contributed by atoms with Gasteiger partial charge in [-0.15, -0.1) is 0 Å². The molecule has 0 radical (unpaired) electrons. The Balaban J connectivity index is 1.57. The average Bonchev–Trinajstić information content (AvgIpc) is 3.12. The van der Waals surface area contributed by atoms with Crippen LogP contribution in [0.25, 0.3) is 10.9 Å². The number of aromatic amines is 1. The van der Waals surface area contributed by atoms with Gasteiger partial charge in [-0.1, -0.05) is 18.2 Å². The number of rotatable bonds is 4. The van der Waals surface area contributed by atoms with Crippen LogP contribution in [0.15, 0.2) is 48.8 Å². The highest BCUT2D eigenvalue weighted by Crippen LogP contribution is 2.30. The maximum Gasteiger partial charge on any atom is 0.325 e. The van der Waals surface area contributed by atoms with Crippen molar-refractivity contribution in [1.82, 2.24) is 14.9 Å². The normalized spacial score (nSPS) is 16.2. The second kappa shape index (κ2) is 7.09. The second-order valence-corrected chi connectivity index (χ2v) is 6.54. The van der Waals surface area contributed by atoms with E-state index in [1.807, 2.05) is 34.1 Å². The van der Waals surface area contributed by atoms with Gasteiger partial charge in [-0.05, 0) is 18.2 Å². The third-order valence-corrected chi connectivity index (χ3v) is 5.04. The van der Waals surface area contributed by atoms with E-state index >= 15 is 0 Å². The number of hydrogen-bond donors (Lipinski definition) is 2. The molecule has 1 aromatic carbocycles. The number of nitrogens with one attached hydrogen (secondary N) is 1. The molecule has 2 aromatic heterocycles. The van der Waals surface area contributed by atoms with E-state index in [9.17, 15) is 15.2 Å². The quantitative estimate of drug-likeness (QED) is 0.741. The lowest BCUT2D eigenvalue weighted by atomic mass is 10.0. The molecule has 7 nitrogen and oxygen atoms in total. The minimum Gasteiger partial charge on any atom is -0.480 e. The molecule has 0 amide bonds. The van der Waals surface area contributed by atoms with Gasteiger partial charge in [0.15, 0.2) is 0 Å². The molecule has 2 N–H and O–H groups in total. The molecule has 1 atom stereocenters. The van der Waals surface area contributed by atoms with Crippen LogP contribution in [-0.2, 0) is 4.79 Å². The number of carboxylic acid groups (broad SMARTS) is 1. The lowest BCUT2D eigenvalue weighted by Gasteiger charge is -2.38. The smallest absolute Gasteiger partial charge is 0.325 e. The van der Waals surface area contributed by atoms with Crippen LogP contribution < -0.4 is 4.90 Å². The van der Waals surface area contributed by atoms with Crippen LogP contribution in [0.5, 0.6) is 0 Å². The summed E-state index contributed by atoms with van der Waals surface area (Å²) in [6.07, 6.45) is 3.47. The molecular weight excluding hydrogens is 342 g/mol. The summed E-state index contributed by atoms with van der Waals surface area (Å²) >= 11 is 0. The van der Waals surface area contributed by atoms with Crippen molar-refractivity contribution in [2.45, 2.75) is 6.04 Å². The Labute approximate surface area is 156 Å². The van der Waals surface area contributed by atoms with Gasteiger partial charge in [0, 0.05) is 55.0 Å². The zero-order chi connectivity index (χ0) is 18.8. The zero-order valence-corrected chi connectivity index (χ0v) is 14.7. The molecule has 27 heavy (non-hydrogen) atoms. The Kier molecular flexibility index (Phi) is 4.48. The maximum atomic E-state index is 12.1. The molecule has 0 bridgehead atoms. The van der Waals surface area contributed by atoms with E-state index in [1.54, 1.807) is 24.5 Å². The van der Waals surface area contributed by atoms with Gasteiger partial charge < -0.3 is 15.0 Å². The first-order valence-electron chi connectivity index (χ1n) is 8.82. The fraction of sp³-hybridized carbons (Fsp3) is 0.250. The van der Waals surface area contributed by atoms with Gasteiger partial charge >= 0.3 is 5.97 Å². The number of carboxylic acids is 1. The molecule has 1 aliphatic heterocycles. The third kappa shape index (κ3) is 3.11. The summed E-state index contributed by atoms with van der Waals surface area (Å²) in [5, 5.41) is 20.1. The highest BCUT2D eigenvalue weighted by Gasteiger charge is 2.32. The van der Waals surface area contributed by atoms with Crippen LogP contribution in [0.2, 0.25) is 0 Å². The molecule has 0 aliphatic carbocycles. The lowest BCUT2D eigenvalue weighted by Crippen LogP contribution is -2.49. The predicted molar refractivity (Wildman–Crippen MR) is 101 cm³/mol. The number of carbonyl (C=O) groups is 1. The van der Waals surface area contributed by atoms with Crippen molar-refractivity contribution in [2.24, 2.45) is 0 Å². The van der Waals surface area contributed by atoms with Crippen LogP contribution in [-0.4, -0.2) is 52.1 Å². The van der Waals surface area contributed by atoms with Crippen molar-refractivity contribution < 1.29 is 9.90 Å². The third-order valence-electron chi connectivity index (χ3n) is 5.04. The number of pyridine rings is 1. The van der Waals surface area contributed by atoms with Crippen LogP contribution in [0.1, 0.15) is 17.2 Å². The van der Waals surface area contributed by atoms with Gasteiger partial charge in [0.2, 0.25) is 0 Å². The first-order chi connectivity index (χ1) is 13.2. The number of benzene rings is 1. The molecule has 1 fully saturated rings. The van der Waals surface area contributed by atoms with Crippen molar-refractivity contribution in [1.29, 1.82) is 5.26 Å². The highest BCUT2D eigenvalue weighted by molar-refractivity contribution is 5.89. The number of para-hydroxylation sites is 1. The highest BCUT2D eigenvalue weighted by atomic mass is 16.4. The summed E-state index contributed by atoms with van der Waals surface area (Å²) in [5.74, 6) is -0.192. The molecule has 7 heteroatoms. The number of H-pyrrole nitrogens is 1. The number of aliphatic carboxylic acids is 1. The van der Waals surface area contributed by atoms with Gasteiger partial charge in [-0.3, -0.25) is 9.69 Å². The summed E-state index contributed by atoms with van der Waals surface area (Å²) in [6, 6.07) is 12.7. The van der Waals surface area contributed by atoms with E-state index in [1.165, 1.54) is 0 Å². The minimum absolute atomic E-state index is 0.539. The minimum atomic E-state index is -0.858. The number of nitriles is 1. The van der Waals surface area contributed by atoms with Crippen LogP contribution in [0.4, 0.5) is 5.82 Å². The Morgan fingerprint density at radius 1 is 1.19 bits per heavy atom. The topological polar surface area (TPSA) is 96.2 Å². The SMILES string of the molecule is N#Cc1cccnc1N1CCN([C@@H](C(=O)O)c2c[nH]c3ccccc23)CC1. The predicted octanol–water partition coefficient (Wildman–Crippen LogP) is 2.38. The van der Waals surface area contributed by atoms with E-state index < -0.39 is 12.0 Å². The van der Waals surface area contributed by atoms with E-state index in [0.717, 1.165) is 16.5 Å². The average molecular weight is 361 g/mol. The molecule has 1 aliphatic rings. The van der Waals surface area contributed by atoms with Gasteiger partial charge in [0.05, 0.1) is 5.56 Å². The number of anilines is 1. The van der Waals surface area contributed by atoms with Gasteiger partial charge in [0.25, 0.3) is 0 Å². The molecule has 3 heterocycles. The molecule has 0 unspecified atom stereocenters. The van der Waals surface area contributed by atoms with E-state index in [2.05, 4.69) is 16.0 Å². The van der Waals surface area contributed by atoms with Crippen LogP contribution in [0, 0.1) is 11.3 Å². The Morgan fingerprint density at radius 3 is 2.70 bits per heavy atom. The fourth-order valence-electron chi connectivity index (χ4n) is 3.73. The van der Waals surface area contributed by atoms with Crippen LogP contribution >= 0.6 is 0 Å². The number of piperazine rings is 1. The number of fused-ring (bicyclic) bond motifs is 1. The van der Waals surface area contributed by atoms with E-state index in [0.29, 0.717) is 37.6 Å². The molecular formula is C20H19N5O2. The molecule has 0 saturated carbocycles. The van der Waals surface area contributed by atoms with Gasteiger partial charge in [0.1, 0.15) is 17.9 Å². The van der Waals surface area contributed by atoms with E-state index in [-0.39, 0.29) is 0 Å². The molecule has 1 saturated heterocycles. The number of aromatic nitrogens is 2. The van der Waals surface area contributed by atoms with E-state index in [4.69, 9.17) is 0 Å². The summed E-state index contributed by atoms with van der Waals surface area (Å²) in [5.41, 5.74) is 2.25. The lowest BCUT2D eigenvalue weighted by molar-refractivity contribution is -0.143. The Hall–Kier alpha value is -3.37. The van der Waals surface area contributed by atoms with Crippen LogP contribution in [0.3, 0.4) is 0 Å². The molecule has 0 spiro atoms. The molecule has 136 valence electrons. The monoisotopic (exact) mass is 361 g/mol. The fourth-order valence-corrected chi connectivity index (χ4v) is 3.73. The summed E-state index contributed by atoms with van der Waals surface area (Å²) in [4.78, 5) is 23.6. The number of nitrogens with zero attached hydrogens (tertiary/aromatic N) is 4. The summed E-state index contributed by atoms with van der Waals surface area (Å²) < 4.78 is 0. The van der Waals surface area contributed by atoms with Gasteiger partial charge in [-0.2, -0.15) is 5.26 Å². The van der Waals surface area contributed by atoms with Gasteiger partial charge in [-0.25, -0.2) is 4.98 Å². The second-order valence-electron chi connectivity index (χ2n) is 6.54. The zero-order valence-electron chi connectivity index (χ0n) is 14.7. The summed E-state index contributed by atoms with van der Waals surface area (Å²) in [7, 11) is 0. The largest absolute Gasteiger partial charge is 0.480 e. The first-order valence-corrected chi connectivity index (χ1v) is 8.82. The van der Waals surface area contributed by atoms with Crippen molar-refractivity contribution in [3.8, 4) is 6.07 Å². The molecule has 3 aromatic rings. The van der Waals surface area contributed by atoms with Crippen molar-refractivity contribution in [3.63, 3.8) is 0 Å². The van der Waals surface area contributed by atoms with Crippen molar-refractivity contribution in [2.75, 3.05) is 31.1 Å². The standard InChI is InChI=1S/C20H19N5O2/c21-12-14-4-3-7-22-19(14)25-10-8-24(9-11-25)18(20(26)27)16-13-23-17-6-2-1-5-15(16)17/h1-7,13,18,23H,8-11H2,(H,26,27)/t18-/m1/s1.